The van der Waals surface area contributed by atoms with Gasteiger partial charge in [0.15, 0.2) is 0 Å². The Labute approximate surface area is 271 Å². The van der Waals surface area contributed by atoms with E-state index < -0.39 is 0 Å². The first kappa shape index (κ1) is 32.7. The van der Waals surface area contributed by atoms with Crippen molar-refractivity contribution in [3.63, 3.8) is 0 Å². The molecule has 0 aromatic carbocycles. The number of epoxide rings is 2. The fourth-order valence-electron chi connectivity index (χ4n) is 7.77. The van der Waals surface area contributed by atoms with Gasteiger partial charge in [-0.2, -0.15) is 0 Å². The molecule has 0 unspecified atom stereocenters. The summed E-state index contributed by atoms with van der Waals surface area (Å²) >= 11 is 0. The minimum Gasteiger partial charge on any atom is -0.455 e. The second kappa shape index (κ2) is 13.1. The van der Waals surface area contributed by atoms with Crippen molar-refractivity contribution < 1.29 is 38.1 Å². The Morgan fingerprint density at radius 1 is 0.739 bits per heavy atom. The number of allylic oxidation sites excluding steroid dienone is 2. The maximum atomic E-state index is 13.0. The maximum Gasteiger partial charge on any atom is 0.334 e. The molecular weight excluding hydrogens is 588 g/mol. The van der Waals surface area contributed by atoms with Gasteiger partial charge in [-0.1, -0.05) is 38.2 Å². The third kappa shape index (κ3) is 6.74. The average molecular weight is 637 g/mol. The SMILES string of the molecule is C=C1C(=O)O[C@H]2[C@H]1CC/C(C(=O)NCCCCCCNC(=O)/C1=C/CC[C@@]3(C)O[C@H]3[C@H]3OC(=O)C(=C)[C@@H]3CC1)=C\CC[C@@]1(C)O[C@@H]21. The van der Waals surface area contributed by atoms with Crippen LogP contribution in [0.4, 0.5) is 0 Å². The Balaban J connectivity index is 0.890. The predicted molar refractivity (Wildman–Crippen MR) is 169 cm³/mol. The van der Waals surface area contributed by atoms with Gasteiger partial charge in [-0.25, -0.2) is 9.59 Å². The van der Waals surface area contributed by atoms with Gasteiger partial charge in [-0.3, -0.25) is 9.59 Å². The highest BCUT2D eigenvalue weighted by atomic mass is 16.7. The van der Waals surface area contributed by atoms with E-state index in [2.05, 4.69) is 23.8 Å². The number of fused-ring (bicyclic) bond motifs is 6. The summed E-state index contributed by atoms with van der Waals surface area (Å²) in [5.74, 6) is -1.08. The van der Waals surface area contributed by atoms with Gasteiger partial charge in [0.25, 0.3) is 0 Å². The molecule has 6 rings (SSSR count). The summed E-state index contributed by atoms with van der Waals surface area (Å²) < 4.78 is 23.1. The third-order valence-electron chi connectivity index (χ3n) is 10.9. The minimum atomic E-state index is -0.353. The van der Waals surface area contributed by atoms with Crippen molar-refractivity contribution >= 4 is 23.8 Å². The van der Waals surface area contributed by atoms with Crippen molar-refractivity contribution in [2.75, 3.05) is 13.1 Å². The van der Waals surface area contributed by atoms with Gasteiger partial charge in [-0.05, 0) is 78.1 Å². The Kier molecular flexibility index (Phi) is 9.31. The van der Waals surface area contributed by atoms with E-state index in [1.807, 2.05) is 26.0 Å². The number of carbonyl (C=O) groups excluding carboxylic acids is 4. The summed E-state index contributed by atoms with van der Waals surface area (Å²) in [5.41, 5.74) is 1.80. The van der Waals surface area contributed by atoms with Crippen LogP contribution < -0.4 is 10.6 Å². The van der Waals surface area contributed by atoms with Crippen LogP contribution in [0.2, 0.25) is 0 Å². The molecule has 250 valence electrons. The van der Waals surface area contributed by atoms with E-state index in [1.54, 1.807) is 0 Å². The first-order valence-corrected chi connectivity index (χ1v) is 17.1. The molecule has 0 saturated carbocycles. The van der Waals surface area contributed by atoms with Gasteiger partial charge in [-0.15, -0.1) is 0 Å². The molecule has 2 amide bonds. The molecule has 4 fully saturated rings. The molecule has 0 spiro atoms. The molecular formula is C36H48N2O8. The van der Waals surface area contributed by atoms with E-state index in [0.29, 0.717) is 49.9 Å². The first-order chi connectivity index (χ1) is 22.0. The second-order valence-electron chi connectivity index (χ2n) is 14.2. The highest BCUT2D eigenvalue weighted by molar-refractivity contribution is 5.94. The molecule has 4 aliphatic heterocycles. The van der Waals surface area contributed by atoms with Gasteiger partial charge < -0.3 is 29.6 Å². The van der Waals surface area contributed by atoms with E-state index in [0.717, 1.165) is 62.5 Å². The van der Waals surface area contributed by atoms with Gasteiger partial charge >= 0.3 is 11.9 Å². The van der Waals surface area contributed by atoms with Crippen molar-refractivity contribution in [2.45, 2.75) is 127 Å². The van der Waals surface area contributed by atoms with E-state index in [-0.39, 0.29) is 71.2 Å². The Hall–Kier alpha value is -3.24. The lowest BCUT2D eigenvalue weighted by atomic mass is 9.83. The van der Waals surface area contributed by atoms with E-state index in [9.17, 15) is 19.2 Å². The number of amides is 2. The molecule has 0 bridgehead atoms. The number of nitrogens with one attached hydrogen (secondary N) is 2. The van der Waals surface area contributed by atoms with E-state index in [4.69, 9.17) is 18.9 Å². The van der Waals surface area contributed by atoms with Crippen molar-refractivity contribution in [1.82, 2.24) is 10.6 Å². The van der Waals surface area contributed by atoms with Gasteiger partial charge in [0.05, 0.1) is 11.2 Å². The number of rotatable bonds is 9. The number of hydrogen-bond acceptors (Lipinski definition) is 8. The third-order valence-corrected chi connectivity index (χ3v) is 10.9. The van der Waals surface area contributed by atoms with E-state index >= 15 is 0 Å². The standard InChI is InChI=1S/C36H48N2O8/c1-21-25-15-13-23(11-9-17-35(3)29(45-35)27(25)43-33(21)41)31(39)37-19-7-5-6-8-20-38-32(40)24-12-10-18-36(4)30(46-36)28-26(16-14-24)22(2)34(42)44-28/h11-12,25-30H,1-2,5-10,13-20H2,3-4H3,(H,37,39)(H,38,40)/b23-11+,24-12+/t25-,26-,27-,28-,29-,30-,35+,36+/m0/s1. The molecule has 0 aromatic rings. The number of unbranched alkanes of at least 4 members (excludes halogenated alkanes) is 3. The topological polar surface area (TPSA) is 136 Å². The Morgan fingerprint density at radius 3 is 1.57 bits per heavy atom. The minimum absolute atomic E-state index is 0.0566. The van der Waals surface area contributed by atoms with Crippen LogP contribution in [-0.2, 0) is 38.1 Å². The zero-order valence-corrected chi connectivity index (χ0v) is 27.2. The lowest BCUT2D eigenvalue weighted by molar-refractivity contribution is -0.140. The second-order valence-corrected chi connectivity index (χ2v) is 14.2. The van der Waals surface area contributed by atoms with Crippen LogP contribution in [0.3, 0.4) is 0 Å². The molecule has 0 aromatic heterocycles. The molecule has 10 heteroatoms. The molecule has 2 aliphatic carbocycles. The van der Waals surface area contributed by atoms with Gasteiger partial charge in [0, 0.05) is 47.2 Å². The molecule has 2 N–H and O–H groups in total. The molecule has 46 heavy (non-hydrogen) atoms. The molecule has 8 atom stereocenters. The zero-order valence-electron chi connectivity index (χ0n) is 27.2. The van der Waals surface area contributed by atoms with E-state index in [1.165, 1.54) is 0 Å². The zero-order chi connectivity index (χ0) is 32.6. The van der Waals surface area contributed by atoms with Gasteiger partial charge in [0.2, 0.25) is 11.8 Å². The Bertz CT molecular complexity index is 1270. The van der Waals surface area contributed by atoms with Crippen molar-refractivity contribution in [2.24, 2.45) is 11.8 Å². The lowest BCUT2D eigenvalue weighted by Crippen LogP contribution is -2.31. The van der Waals surface area contributed by atoms with Crippen LogP contribution in [-0.4, -0.2) is 72.5 Å². The molecule has 0 radical (unpaired) electrons. The number of ether oxygens (including phenoxy) is 4. The van der Waals surface area contributed by atoms with Crippen LogP contribution in [0.15, 0.2) is 47.6 Å². The van der Waals surface area contributed by atoms with Crippen LogP contribution in [0.5, 0.6) is 0 Å². The summed E-state index contributed by atoms with van der Waals surface area (Å²) in [6.07, 6.45) is 12.2. The summed E-state index contributed by atoms with van der Waals surface area (Å²) in [6.45, 7) is 13.2. The average Bonchev–Trinajstić information content (AvgIpc) is 3.84. The smallest absolute Gasteiger partial charge is 0.334 e. The fraction of sp³-hybridized carbons (Fsp3) is 0.667. The molecule has 4 saturated heterocycles. The highest BCUT2D eigenvalue weighted by Crippen LogP contribution is 2.51. The monoisotopic (exact) mass is 636 g/mol. The van der Waals surface area contributed by atoms with Crippen molar-refractivity contribution in [1.29, 1.82) is 0 Å². The first-order valence-electron chi connectivity index (χ1n) is 17.1. The summed E-state index contributed by atoms with van der Waals surface area (Å²) in [6, 6.07) is 0. The quantitative estimate of drug-likeness (QED) is 0.166. The van der Waals surface area contributed by atoms with Crippen LogP contribution in [0.25, 0.3) is 0 Å². The number of hydrogen-bond donors (Lipinski definition) is 2. The van der Waals surface area contributed by atoms with Crippen LogP contribution in [0.1, 0.15) is 90.9 Å². The maximum absolute atomic E-state index is 13.0. The largest absolute Gasteiger partial charge is 0.455 e. The fourth-order valence-corrected chi connectivity index (χ4v) is 7.77. The molecule has 4 heterocycles. The Morgan fingerprint density at radius 2 is 1.15 bits per heavy atom. The highest BCUT2D eigenvalue weighted by Gasteiger charge is 2.62. The number of carbonyl (C=O) groups is 4. The van der Waals surface area contributed by atoms with Crippen molar-refractivity contribution in [3.8, 4) is 0 Å². The molecule has 10 nitrogen and oxygen atoms in total. The normalized spacial score (nSPS) is 39.1. The van der Waals surface area contributed by atoms with Crippen molar-refractivity contribution in [3.05, 3.63) is 47.6 Å². The molecule has 6 aliphatic rings. The number of esters is 2. The lowest BCUT2D eigenvalue weighted by Gasteiger charge is -2.20. The summed E-state index contributed by atoms with van der Waals surface area (Å²) in [7, 11) is 0. The predicted octanol–water partition coefficient (Wildman–Crippen LogP) is 4.29. The summed E-state index contributed by atoms with van der Waals surface area (Å²) in [5, 5.41) is 6.14. The summed E-state index contributed by atoms with van der Waals surface area (Å²) in [4.78, 5) is 50.5. The van der Waals surface area contributed by atoms with Gasteiger partial charge in [0.1, 0.15) is 24.4 Å². The van der Waals surface area contributed by atoms with Crippen LogP contribution >= 0.6 is 0 Å². The van der Waals surface area contributed by atoms with Crippen LogP contribution in [0, 0.1) is 11.8 Å².